The largest absolute Gasteiger partial charge is 0.390 e. The molecule has 0 aliphatic heterocycles. The highest BCUT2D eigenvalue weighted by Crippen LogP contribution is 2.54. The Kier molecular flexibility index (Phi) is 6.08. The summed E-state index contributed by atoms with van der Waals surface area (Å²) in [5.74, 6) is -2.79. The molecular formula is C24H26ClF2NO4S. The first-order valence-corrected chi connectivity index (χ1v) is 12.8. The Morgan fingerprint density at radius 3 is 2.55 bits per heavy atom. The Balaban J connectivity index is 1.62. The SMILES string of the molecule is Cc1c(NC(=O)c2ccc(Cl)c(S(=O)(=O)C3CC4C[C@H](C)C(C3)[C@]4(C)O)c2)ccc(F)c1F. The van der Waals surface area contributed by atoms with Gasteiger partial charge in [-0.25, -0.2) is 17.2 Å². The lowest BCUT2D eigenvalue weighted by molar-refractivity contribution is -0.0466. The van der Waals surface area contributed by atoms with Crippen molar-refractivity contribution in [3.05, 3.63) is 58.1 Å². The second-order valence-corrected chi connectivity index (χ2v) is 12.1. The highest BCUT2D eigenvalue weighted by atomic mass is 35.5. The average molecular weight is 498 g/mol. The lowest BCUT2D eigenvalue weighted by Gasteiger charge is -2.40. The minimum atomic E-state index is -3.87. The van der Waals surface area contributed by atoms with Gasteiger partial charge in [-0.1, -0.05) is 18.5 Å². The van der Waals surface area contributed by atoms with Crippen molar-refractivity contribution in [2.45, 2.75) is 55.8 Å². The van der Waals surface area contributed by atoms with Crippen molar-refractivity contribution < 1.29 is 27.1 Å². The van der Waals surface area contributed by atoms with Crippen LogP contribution in [0.25, 0.3) is 0 Å². The van der Waals surface area contributed by atoms with Gasteiger partial charge in [0.25, 0.3) is 5.91 Å². The number of hydrogen-bond donors (Lipinski definition) is 2. The van der Waals surface area contributed by atoms with Gasteiger partial charge in [0.2, 0.25) is 0 Å². The van der Waals surface area contributed by atoms with E-state index in [4.69, 9.17) is 11.6 Å². The molecule has 2 saturated carbocycles. The van der Waals surface area contributed by atoms with Crippen molar-refractivity contribution >= 4 is 33.0 Å². The second kappa shape index (κ2) is 8.32. The summed E-state index contributed by atoms with van der Waals surface area (Å²) in [6.45, 7) is 5.15. The van der Waals surface area contributed by atoms with E-state index in [-0.39, 0.29) is 44.5 Å². The summed E-state index contributed by atoms with van der Waals surface area (Å²) in [4.78, 5) is 12.6. The van der Waals surface area contributed by atoms with Crippen molar-refractivity contribution in [1.29, 1.82) is 0 Å². The molecule has 1 amide bonds. The lowest BCUT2D eigenvalue weighted by Crippen LogP contribution is -2.46. The van der Waals surface area contributed by atoms with E-state index in [1.165, 1.54) is 31.2 Å². The number of sulfone groups is 1. The lowest BCUT2D eigenvalue weighted by atomic mass is 9.74. The third-order valence-corrected chi connectivity index (χ3v) is 10.2. The molecule has 3 unspecified atom stereocenters. The molecular weight excluding hydrogens is 472 g/mol. The van der Waals surface area contributed by atoms with E-state index in [1.807, 2.05) is 6.92 Å². The number of carbonyl (C=O) groups is 1. The number of anilines is 1. The fourth-order valence-electron chi connectivity index (χ4n) is 5.51. The normalized spacial score (nSPS) is 29.2. The molecule has 2 fully saturated rings. The van der Waals surface area contributed by atoms with Crippen LogP contribution in [0.2, 0.25) is 5.02 Å². The van der Waals surface area contributed by atoms with Crippen LogP contribution in [0.15, 0.2) is 35.2 Å². The molecule has 0 spiro atoms. The minimum Gasteiger partial charge on any atom is -0.390 e. The van der Waals surface area contributed by atoms with Gasteiger partial charge in [0.1, 0.15) is 0 Å². The number of carbonyl (C=O) groups excluding carboxylic acids is 1. The monoisotopic (exact) mass is 497 g/mol. The van der Waals surface area contributed by atoms with Gasteiger partial charge in [-0.05, 0) is 81.2 Å². The summed E-state index contributed by atoms with van der Waals surface area (Å²) in [7, 11) is -3.87. The number of fused-ring (bicyclic) bond motifs is 2. The maximum absolute atomic E-state index is 13.8. The zero-order valence-electron chi connectivity index (χ0n) is 18.5. The fraction of sp³-hybridized carbons (Fsp3) is 0.458. The first kappa shape index (κ1) is 24.1. The first-order valence-electron chi connectivity index (χ1n) is 10.9. The van der Waals surface area contributed by atoms with Crippen LogP contribution in [0.5, 0.6) is 0 Å². The van der Waals surface area contributed by atoms with Gasteiger partial charge in [-0.2, -0.15) is 0 Å². The Morgan fingerprint density at radius 1 is 1.18 bits per heavy atom. The third kappa shape index (κ3) is 4.06. The molecule has 9 heteroatoms. The Bertz CT molecular complexity index is 1230. The predicted molar refractivity (Wildman–Crippen MR) is 122 cm³/mol. The number of nitrogens with one attached hydrogen (secondary N) is 1. The Hall–Kier alpha value is -2.03. The Labute approximate surface area is 197 Å². The molecule has 0 radical (unpaired) electrons. The average Bonchev–Trinajstić information content (AvgIpc) is 2.87. The summed E-state index contributed by atoms with van der Waals surface area (Å²) < 4.78 is 54.3. The molecule has 2 aromatic rings. The van der Waals surface area contributed by atoms with Crippen LogP contribution in [0.3, 0.4) is 0 Å². The van der Waals surface area contributed by atoms with Crippen molar-refractivity contribution in [2.75, 3.05) is 5.32 Å². The molecule has 5 atom stereocenters. The summed E-state index contributed by atoms with van der Waals surface area (Å²) in [6, 6.07) is 6.09. The number of hydrogen-bond acceptors (Lipinski definition) is 4. The van der Waals surface area contributed by atoms with Gasteiger partial charge in [-0.3, -0.25) is 4.79 Å². The highest BCUT2D eigenvalue weighted by Gasteiger charge is 2.56. The van der Waals surface area contributed by atoms with Crippen LogP contribution in [-0.2, 0) is 9.84 Å². The molecule has 2 bridgehead atoms. The maximum Gasteiger partial charge on any atom is 0.255 e. The van der Waals surface area contributed by atoms with Gasteiger partial charge >= 0.3 is 0 Å². The maximum atomic E-state index is 13.8. The van der Waals surface area contributed by atoms with Crippen LogP contribution < -0.4 is 5.32 Å². The Morgan fingerprint density at radius 2 is 1.88 bits per heavy atom. The molecule has 0 heterocycles. The predicted octanol–water partition coefficient (Wildman–Crippen LogP) is 5.14. The topological polar surface area (TPSA) is 83.5 Å². The fourth-order valence-corrected chi connectivity index (χ4v) is 7.89. The molecule has 2 aliphatic rings. The number of benzene rings is 2. The molecule has 33 heavy (non-hydrogen) atoms. The van der Waals surface area contributed by atoms with Crippen molar-refractivity contribution in [2.24, 2.45) is 17.8 Å². The van der Waals surface area contributed by atoms with E-state index in [0.717, 1.165) is 12.5 Å². The summed E-state index contributed by atoms with van der Waals surface area (Å²) in [5, 5.41) is 12.6. The zero-order chi connectivity index (χ0) is 24.3. The first-order chi connectivity index (χ1) is 15.3. The van der Waals surface area contributed by atoms with Gasteiger partial charge in [0, 0.05) is 16.8 Å². The van der Waals surface area contributed by atoms with E-state index < -0.39 is 38.2 Å². The summed E-state index contributed by atoms with van der Waals surface area (Å²) in [6.07, 6.45) is 1.43. The standard InChI is InChI=1S/C24H26ClF2NO4S/c1-12-8-15-10-16(11-17(12)24(15,3)30)33(31,32)21-9-14(4-5-18(21)25)23(29)28-20-7-6-19(26)22(27)13(20)2/h4-7,9,12,15-17,30H,8,10-11H2,1-3H3,(H,28,29)/t12-,15?,16?,17?,24+/m0/s1. The van der Waals surface area contributed by atoms with Gasteiger partial charge < -0.3 is 10.4 Å². The van der Waals surface area contributed by atoms with Crippen molar-refractivity contribution in [3.8, 4) is 0 Å². The number of aliphatic hydroxyl groups is 1. The molecule has 2 N–H and O–H groups in total. The molecule has 0 saturated heterocycles. The van der Waals surface area contributed by atoms with Crippen LogP contribution in [0.1, 0.15) is 49.0 Å². The molecule has 5 nitrogen and oxygen atoms in total. The summed E-state index contributed by atoms with van der Waals surface area (Å²) in [5.41, 5.74) is -0.845. The smallest absolute Gasteiger partial charge is 0.255 e. The second-order valence-electron chi connectivity index (χ2n) is 9.51. The minimum absolute atomic E-state index is 0.00767. The van der Waals surface area contributed by atoms with Gasteiger partial charge in [-0.15, -0.1) is 0 Å². The highest BCUT2D eigenvalue weighted by molar-refractivity contribution is 7.92. The van der Waals surface area contributed by atoms with Crippen LogP contribution in [0.4, 0.5) is 14.5 Å². The molecule has 178 valence electrons. The van der Waals surface area contributed by atoms with Gasteiger partial charge in [0.05, 0.1) is 20.8 Å². The van der Waals surface area contributed by atoms with E-state index in [9.17, 15) is 27.1 Å². The van der Waals surface area contributed by atoms with Gasteiger partial charge in [0.15, 0.2) is 21.5 Å². The van der Waals surface area contributed by atoms with Crippen LogP contribution in [-0.4, -0.2) is 30.3 Å². The quantitative estimate of drug-likeness (QED) is 0.612. The number of rotatable bonds is 4. The van der Waals surface area contributed by atoms with E-state index in [1.54, 1.807) is 6.92 Å². The van der Waals surface area contributed by atoms with Crippen molar-refractivity contribution in [1.82, 2.24) is 0 Å². The molecule has 2 aromatic carbocycles. The molecule has 0 aromatic heterocycles. The van der Waals surface area contributed by atoms with Crippen molar-refractivity contribution in [3.63, 3.8) is 0 Å². The third-order valence-electron chi connectivity index (χ3n) is 7.51. The summed E-state index contributed by atoms with van der Waals surface area (Å²) >= 11 is 6.25. The van der Waals surface area contributed by atoms with Crippen LogP contribution >= 0.6 is 11.6 Å². The number of amides is 1. The van der Waals surface area contributed by atoms with Crippen LogP contribution in [0, 0.1) is 36.3 Å². The van der Waals surface area contributed by atoms with E-state index in [2.05, 4.69) is 5.32 Å². The number of halogens is 3. The van der Waals surface area contributed by atoms with E-state index in [0.29, 0.717) is 12.8 Å². The van der Waals surface area contributed by atoms with E-state index >= 15 is 0 Å². The zero-order valence-corrected chi connectivity index (χ0v) is 20.1. The molecule has 4 rings (SSSR count). The molecule has 2 aliphatic carbocycles.